The van der Waals surface area contributed by atoms with Gasteiger partial charge in [0, 0.05) is 24.8 Å². The van der Waals surface area contributed by atoms with Gasteiger partial charge in [-0.05, 0) is 31.0 Å². The molecule has 1 amide bonds. The van der Waals surface area contributed by atoms with E-state index in [-0.39, 0.29) is 20.4 Å². The lowest BCUT2D eigenvalue weighted by Crippen LogP contribution is -2.41. The van der Waals surface area contributed by atoms with Crippen molar-refractivity contribution >= 4 is 37.6 Å². The quantitative estimate of drug-likeness (QED) is 0.561. The van der Waals surface area contributed by atoms with Crippen LogP contribution in [0.15, 0.2) is 40.4 Å². The van der Waals surface area contributed by atoms with Gasteiger partial charge in [-0.15, -0.1) is 4.83 Å². The van der Waals surface area contributed by atoms with E-state index in [2.05, 4.69) is 10.2 Å². The van der Waals surface area contributed by atoms with Crippen LogP contribution in [0.3, 0.4) is 0 Å². The Bertz CT molecular complexity index is 1060. The molecule has 0 unspecified atom stereocenters. The van der Waals surface area contributed by atoms with Crippen LogP contribution in [0.5, 0.6) is 0 Å². The molecule has 0 radical (unpaired) electrons. The number of amides is 1. The SMILES string of the molecule is O=C(NNS(=O)(=O)c1cn[nH]c1)c1ccc(Cl)c(S(=O)(=O)N2CCCCC2)c1. The van der Waals surface area contributed by atoms with Crippen molar-refractivity contribution in [3.05, 3.63) is 41.2 Å². The Balaban J connectivity index is 1.80. The van der Waals surface area contributed by atoms with Crippen molar-refractivity contribution in [1.82, 2.24) is 24.8 Å². The molecular weight excluding hydrogens is 430 g/mol. The second-order valence-corrected chi connectivity index (χ2v) is 10.1. The van der Waals surface area contributed by atoms with Crippen LogP contribution in [-0.2, 0) is 20.0 Å². The average Bonchev–Trinajstić information content (AvgIpc) is 3.23. The Morgan fingerprint density at radius 3 is 2.50 bits per heavy atom. The highest BCUT2D eigenvalue weighted by atomic mass is 35.5. The van der Waals surface area contributed by atoms with Gasteiger partial charge in [0.1, 0.15) is 9.79 Å². The number of carbonyl (C=O) groups is 1. The Kier molecular flexibility index (Phi) is 6.05. The molecule has 0 saturated carbocycles. The molecule has 0 bridgehead atoms. The summed E-state index contributed by atoms with van der Waals surface area (Å²) in [5.41, 5.74) is 1.97. The third-order valence-corrected chi connectivity index (χ3v) is 7.80. The molecule has 1 aromatic heterocycles. The van der Waals surface area contributed by atoms with E-state index >= 15 is 0 Å². The molecule has 0 aliphatic carbocycles. The van der Waals surface area contributed by atoms with Crippen LogP contribution < -0.4 is 10.3 Å². The van der Waals surface area contributed by atoms with E-state index in [1.54, 1.807) is 0 Å². The number of aromatic amines is 1. The van der Waals surface area contributed by atoms with Gasteiger partial charge < -0.3 is 0 Å². The molecule has 28 heavy (non-hydrogen) atoms. The molecule has 2 aromatic rings. The number of carbonyl (C=O) groups excluding carboxylic acids is 1. The Labute approximate surface area is 167 Å². The topological polar surface area (TPSA) is 141 Å². The molecular formula is C15H18ClN5O5S2. The van der Waals surface area contributed by atoms with Crippen LogP contribution >= 0.6 is 11.6 Å². The second kappa shape index (κ2) is 8.17. The highest BCUT2D eigenvalue weighted by Crippen LogP contribution is 2.27. The summed E-state index contributed by atoms with van der Waals surface area (Å²) >= 11 is 6.06. The van der Waals surface area contributed by atoms with Crippen molar-refractivity contribution in [3.8, 4) is 0 Å². The van der Waals surface area contributed by atoms with E-state index < -0.39 is 26.0 Å². The third kappa shape index (κ3) is 4.36. The minimum atomic E-state index is -4.01. The predicted octanol–water partition coefficient (Wildman–Crippen LogP) is 0.861. The first-order valence-corrected chi connectivity index (χ1v) is 11.6. The summed E-state index contributed by atoms with van der Waals surface area (Å²) < 4.78 is 51.0. The molecule has 10 nitrogen and oxygen atoms in total. The highest BCUT2D eigenvalue weighted by molar-refractivity contribution is 7.89. The van der Waals surface area contributed by atoms with Crippen LogP contribution in [0.1, 0.15) is 29.6 Å². The number of halogens is 1. The number of nitrogens with one attached hydrogen (secondary N) is 3. The maximum Gasteiger partial charge on any atom is 0.266 e. The number of hydrogen-bond acceptors (Lipinski definition) is 6. The van der Waals surface area contributed by atoms with E-state index in [0.717, 1.165) is 37.7 Å². The van der Waals surface area contributed by atoms with E-state index in [9.17, 15) is 21.6 Å². The molecule has 0 spiro atoms. The smallest absolute Gasteiger partial charge is 0.266 e. The number of benzene rings is 1. The standard InChI is InChI=1S/C15H18ClN5O5S2/c16-13-5-4-11(8-14(13)28(25,26)21-6-2-1-3-7-21)15(22)19-20-27(23,24)12-9-17-18-10-12/h4-5,8-10,20H,1-3,6-7H2,(H,17,18)(H,19,22). The first-order chi connectivity index (χ1) is 13.2. The minimum absolute atomic E-state index is 0.0129. The Morgan fingerprint density at radius 2 is 1.86 bits per heavy atom. The molecule has 2 heterocycles. The summed E-state index contributed by atoms with van der Waals surface area (Å²) in [6, 6.07) is 3.73. The van der Waals surface area contributed by atoms with Crippen molar-refractivity contribution < 1.29 is 21.6 Å². The number of H-pyrrole nitrogens is 1. The monoisotopic (exact) mass is 447 g/mol. The van der Waals surface area contributed by atoms with Gasteiger partial charge in [0.05, 0.1) is 11.2 Å². The van der Waals surface area contributed by atoms with E-state index in [1.807, 2.05) is 10.3 Å². The molecule has 13 heteroatoms. The number of hydrazine groups is 1. The van der Waals surface area contributed by atoms with Crippen molar-refractivity contribution in [1.29, 1.82) is 0 Å². The number of nitrogens with zero attached hydrogens (tertiary/aromatic N) is 2. The lowest BCUT2D eigenvalue weighted by Gasteiger charge is -2.26. The number of sulfonamides is 2. The molecule has 1 fully saturated rings. The van der Waals surface area contributed by atoms with E-state index in [1.165, 1.54) is 16.4 Å². The van der Waals surface area contributed by atoms with Gasteiger partial charge in [-0.2, -0.15) is 9.40 Å². The van der Waals surface area contributed by atoms with Gasteiger partial charge in [-0.1, -0.05) is 18.0 Å². The van der Waals surface area contributed by atoms with Crippen LogP contribution in [0.25, 0.3) is 0 Å². The molecule has 0 atom stereocenters. The molecule has 152 valence electrons. The molecule has 3 N–H and O–H groups in total. The molecule has 1 aromatic carbocycles. The minimum Gasteiger partial charge on any atom is -0.284 e. The maximum atomic E-state index is 12.8. The number of hydrogen-bond donors (Lipinski definition) is 3. The van der Waals surface area contributed by atoms with Crippen LogP contribution in [0.4, 0.5) is 0 Å². The van der Waals surface area contributed by atoms with Crippen molar-refractivity contribution in [3.63, 3.8) is 0 Å². The molecule has 1 aliphatic heterocycles. The fourth-order valence-corrected chi connectivity index (χ4v) is 5.48. The normalized spacial score (nSPS) is 16.0. The van der Waals surface area contributed by atoms with Gasteiger partial charge in [-0.3, -0.25) is 15.3 Å². The molecule has 1 saturated heterocycles. The Hall–Kier alpha value is -1.99. The fraction of sp³-hybridized carbons (Fsp3) is 0.333. The van der Waals surface area contributed by atoms with E-state index in [0.29, 0.717) is 13.1 Å². The number of rotatable bonds is 6. The summed E-state index contributed by atoms with van der Waals surface area (Å²) in [6.07, 6.45) is 4.68. The maximum absolute atomic E-state index is 12.8. The predicted molar refractivity (Wildman–Crippen MR) is 100 cm³/mol. The van der Waals surface area contributed by atoms with Crippen molar-refractivity contribution in [2.45, 2.75) is 29.1 Å². The first-order valence-electron chi connectivity index (χ1n) is 8.32. The molecule has 1 aliphatic rings. The average molecular weight is 448 g/mol. The van der Waals surface area contributed by atoms with Gasteiger partial charge in [0.15, 0.2) is 0 Å². The highest BCUT2D eigenvalue weighted by Gasteiger charge is 2.29. The van der Waals surface area contributed by atoms with Crippen LogP contribution in [-0.4, -0.2) is 50.3 Å². The largest absolute Gasteiger partial charge is 0.284 e. The van der Waals surface area contributed by atoms with E-state index in [4.69, 9.17) is 11.6 Å². The zero-order valence-electron chi connectivity index (χ0n) is 14.6. The Morgan fingerprint density at radius 1 is 1.14 bits per heavy atom. The van der Waals surface area contributed by atoms with Crippen molar-refractivity contribution in [2.75, 3.05) is 13.1 Å². The molecule has 3 rings (SSSR count). The zero-order valence-corrected chi connectivity index (χ0v) is 16.9. The summed E-state index contributed by atoms with van der Waals surface area (Å²) in [5, 5.41) is 5.86. The lowest BCUT2D eigenvalue weighted by molar-refractivity contribution is 0.0945. The lowest BCUT2D eigenvalue weighted by atomic mass is 10.2. The zero-order chi connectivity index (χ0) is 20.4. The summed E-state index contributed by atoms with van der Waals surface area (Å²) in [4.78, 5) is 13.9. The van der Waals surface area contributed by atoms with Gasteiger partial charge in [0.25, 0.3) is 15.9 Å². The summed E-state index contributed by atoms with van der Waals surface area (Å²) in [7, 11) is -7.87. The van der Waals surface area contributed by atoms with Gasteiger partial charge in [-0.25, -0.2) is 16.8 Å². The number of aromatic nitrogens is 2. The summed E-state index contributed by atoms with van der Waals surface area (Å²) in [6.45, 7) is 0.777. The van der Waals surface area contributed by atoms with Gasteiger partial charge in [0.2, 0.25) is 10.0 Å². The third-order valence-electron chi connectivity index (χ3n) is 4.21. The summed E-state index contributed by atoms with van der Waals surface area (Å²) in [5.74, 6) is -0.834. The first kappa shape index (κ1) is 20.7. The second-order valence-electron chi connectivity index (χ2n) is 6.10. The van der Waals surface area contributed by atoms with Crippen LogP contribution in [0, 0.1) is 0 Å². The fourth-order valence-electron chi connectivity index (χ4n) is 2.72. The van der Waals surface area contributed by atoms with Gasteiger partial charge >= 0.3 is 0 Å². The number of piperidine rings is 1. The van der Waals surface area contributed by atoms with Crippen LogP contribution in [0.2, 0.25) is 5.02 Å². The van der Waals surface area contributed by atoms with Crippen molar-refractivity contribution in [2.24, 2.45) is 0 Å².